The molecule has 1 saturated heterocycles. The summed E-state index contributed by atoms with van der Waals surface area (Å²) in [5.74, 6) is 0.182. The van der Waals surface area contributed by atoms with Crippen LogP contribution in [0.15, 0.2) is 29.3 Å². The highest BCUT2D eigenvalue weighted by molar-refractivity contribution is 7.91. The van der Waals surface area contributed by atoms with Crippen LogP contribution in [-0.2, 0) is 9.84 Å². The summed E-state index contributed by atoms with van der Waals surface area (Å²) in [4.78, 5) is 14.5. The zero-order valence-electron chi connectivity index (χ0n) is 10.4. The summed E-state index contributed by atoms with van der Waals surface area (Å²) < 4.78 is 22.9. The zero-order chi connectivity index (χ0) is 14.1. The molecule has 1 aromatic carbocycles. The van der Waals surface area contributed by atoms with Crippen molar-refractivity contribution in [2.45, 2.75) is 18.9 Å². The van der Waals surface area contributed by atoms with Gasteiger partial charge in [0.25, 0.3) is 5.69 Å². The number of non-ortho nitro benzene ring substituents is 1. The SMILES string of the molecule is CC1(N=Cc2cccc([N+](=O)[O-])c2)CCS(=O)(=O)C1. The van der Waals surface area contributed by atoms with Crippen molar-refractivity contribution in [3.05, 3.63) is 39.9 Å². The quantitative estimate of drug-likeness (QED) is 0.478. The number of rotatable bonds is 3. The average Bonchev–Trinajstić information content (AvgIpc) is 2.62. The van der Waals surface area contributed by atoms with Gasteiger partial charge >= 0.3 is 0 Å². The second kappa shape index (κ2) is 4.73. The van der Waals surface area contributed by atoms with E-state index in [2.05, 4.69) is 4.99 Å². The Morgan fingerprint density at radius 3 is 2.79 bits per heavy atom. The molecular weight excluding hydrogens is 268 g/mol. The molecule has 0 aromatic heterocycles. The minimum Gasteiger partial charge on any atom is -0.285 e. The van der Waals surface area contributed by atoms with Gasteiger partial charge in [-0.2, -0.15) is 0 Å². The lowest BCUT2D eigenvalue weighted by Gasteiger charge is -2.15. The maximum absolute atomic E-state index is 11.4. The Kier molecular flexibility index (Phi) is 3.40. The van der Waals surface area contributed by atoms with Crippen molar-refractivity contribution in [1.82, 2.24) is 0 Å². The van der Waals surface area contributed by atoms with E-state index >= 15 is 0 Å². The second-order valence-electron chi connectivity index (χ2n) is 4.95. The van der Waals surface area contributed by atoms with E-state index in [1.165, 1.54) is 18.3 Å². The highest BCUT2D eigenvalue weighted by atomic mass is 32.2. The van der Waals surface area contributed by atoms with Gasteiger partial charge in [-0.15, -0.1) is 0 Å². The zero-order valence-corrected chi connectivity index (χ0v) is 11.3. The first kappa shape index (κ1) is 13.7. The van der Waals surface area contributed by atoms with Gasteiger partial charge in [0.05, 0.1) is 22.0 Å². The number of nitro groups is 1. The Labute approximate surface area is 111 Å². The molecule has 0 saturated carbocycles. The average molecular weight is 282 g/mol. The van der Waals surface area contributed by atoms with Gasteiger partial charge in [0.1, 0.15) is 0 Å². The van der Waals surface area contributed by atoms with Crippen molar-refractivity contribution in [3.8, 4) is 0 Å². The predicted molar refractivity (Wildman–Crippen MR) is 72.4 cm³/mol. The van der Waals surface area contributed by atoms with Gasteiger partial charge in [0, 0.05) is 18.3 Å². The van der Waals surface area contributed by atoms with E-state index in [1.807, 2.05) is 0 Å². The van der Waals surface area contributed by atoms with E-state index in [1.54, 1.807) is 19.1 Å². The Hall–Kier alpha value is -1.76. The van der Waals surface area contributed by atoms with Gasteiger partial charge in [0.2, 0.25) is 0 Å². The standard InChI is InChI=1S/C12H14N2O4S/c1-12(5-6-19(17,18)9-12)13-8-10-3-2-4-11(7-10)14(15)16/h2-4,7-8H,5-6,9H2,1H3. The molecule has 1 atom stereocenters. The van der Waals surface area contributed by atoms with Crippen LogP contribution in [-0.4, -0.2) is 36.6 Å². The van der Waals surface area contributed by atoms with Crippen molar-refractivity contribution in [3.63, 3.8) is 0 Å². The van der Waals surface area contributed by atoms with Crippen molar-refractivity contribution in [2.75, 3.05) is 11.5 Å². The van der Waals surface area contributed by atoms with Gasteiger partial charge < -0.3 is 0 Å². The van der Waals surface area contributed by atoms with Crippen molar-refractivity contribution >= 4 is 21.7 Å². The first-order valence-electron chi connectivity index (χ1n) is 5.80. The summed E-state index contributed by atoms with van der Waals surface area (Å²) in [6.07, 6.45) is 1.99. The van der Waals surface area contributed by atoms with Crippen LogP contribution in [0.25, 0.3) is 0 Å². The molecule has 1 aromatic rings. The highest BCUT2D eigenvalue weighted by Gasteiger charge is 2.37. The number of hydrogen-bond donors (Lipinski definition) is 0. The van der Waals surface area contributed by atoms with Crippen LogP contribution in [0.1, 0.15) is 18.9 Å². The van der Waals surface area contributed by atoms with Gasteiger partial charge in [-0.1, -0.05) is 12.1 Å². The number of benzene rings is 1. The lowest BCUT2D eigenvalue weighted by atomic mass is 10.0. The topological polar surface area (TPSA) is 89.6 Å². The fraction of sp³-hybridized carbons (Fsp3) is 0.417. The molecule has 0 amide bonds. The molecule has 2 rings (SSSR count). The number of aliphatic imine (C=N–C) groups is 1. The first-order chi connectivity index (χ1) is 8.80. The molecule has 0 N–H and O–H groups in total. The number of hydrogen-bond acceptors (Lipinski definition) is 5. The largest absolute Gasteiger partial charge is 0.285 e. The second-order valence-corrected chi connectivity index (χ2v) is 7.13. The minimum atomic E-state index is -3.00. The molecule has 1 heterocycles. The number of nitrogens with zero attached hydrogens (tertiary/aromatic N) is 2. The van der Waals surface area contributed by atoms with E-state index in [9.17, 15) is 18.5 Å². The van der Waals surface area contributed by atoms with Crippen LogP contribution in [0, 0.1) is 10.1 Å². The monoisotopic (exact) mass is 282 g/mol. The smallest absolute Gasteiger partial charge is 0.270 e. The lowest BCUT2D eigenvalue weighted by molar-refractivity contribution is -0.384. The van der Waals surface area contributed by atoms with Crippen molar-refractivity contribution in [1.29, 1.82) is 0 Å². The third-order valence-electron chi connectivity index (χ3n) is 3.09. The Bertz CT molecular complexity index is 639. The molecule has 0 bridgehead atoms. The summed E-state index contributed by atoms with van der Waals surface area (Å²) >= 11 is 0. The van der Waals surface area contributed by atoms with Crippen LogP contribution >= 0.6 is 0 Å². The minimum absolute atomic E-state index is 0.00635. The molecule has 0 spiro atoms. The number of nitro benzene ring substituents is 1. The molecular formula is C12H14N2O4S. The van der Waals surface area contributed by atoms with Crippen molar-refractivity contribution < 1.29 is 13.3 Å². The molecule has 1 fully saturated rings. The molecule has 19 heavy (non-hydrogen) atoms. The Morgan fingerprint density at radius 1 is 1.47 bits per heavy atom. The van der Waals surface area contributed by atoms with Crippen LogP contribution < -0.4 is 0 Å². The van der Waals surface area contributed by atoms with Gasteiger partial charge in [-0.05, 0) is 18.9 Å². The van der Waals surface area contributed by atoms with Gasteiger partial charge in [0.15, 0.2) is 9.84 Å². The normalized spacial score (nSPS) is 25.7. The predicted octanol–water partition coefficient (Wildman–Crippen LogP) is 1.59. The Morgan fingerprint density at radius 2 is 2.21 bits per heavy atom. The third-order valence-corrected chi connectivity index (χ3v) is 4.98. The van der Waals surface area contributed by atoms with Crippen LogP contribution in [0.3, 0.4) is 0 Å². The van der Waals surface area contributed by atoms with Gasteiger partial charge in [-0.3, -0.25) is 15.1 Å². The molecule has 0 aliphatic carbocycles. The highest BCUT2D eigenvalue weighted by Crippen LogP contribution is 2.26. The molecule has 1 aliphatic heterocycles. The van der Waals surface area contributed by atoms with Gasteiger partial charge in [-0.25, -0.2) is 8.42 Å². The van der Waals surface area contributed by atoms with Crippen molar-refractivity contribution in [2.24, 2.45) is 4.99 Å². The van der Waals surface area contributed by atoms with Crippen LogP contribution in [0.5, 0.6) is 0 Å². The summed E-state index contributed by atoms with van der Waals surface area (Å²) in [6.45, 7) is 1.78. The summed E-state index contributed by atoms with van der Waals surface area (Å²) in [5.41, 5.74) is -0.0310. The fourth-order valence-electron chi connectivity index (χ4n) is 2.04. The molecule has 6 nitrogen and oxygen atoms in total. The Balaban J connectivity index is 2.19. The van der Waals surface area contributed by atoms with E-state index in [0.717, 1.165) is 0 Å². The van der Waals surface area contributed by atoms with E-state index in [0.29, 0.717) is 12.0 Å². The van der Waals surface area contributed by atoms with Crippen LogP contribution in [0.2, 0.25) is 0 Å². The number of sulfone groups is 1. The summed E-state index contributed by atoms with van der Waals surface area (Å²) in [5, 5.41) is 10.6. The van der Waals surface area contributed by atoms with E-state index in [-0.39, 0.29) is 17.2 Å². The van der Waals surface area contributed by atoms with Crippen LogP contribution in [0.4, 0.5) is 5.69 Å². The van der Waals surface area contributed by atoms with E-state index < -0.39 is 20.3 Å². The maximum Gasteiger partial charge on any atom is 0.270 e. The third kappa shape index (κ3) is 3.37. The fourth-order valence-corrected chi connectivity index (χ4v) is 4.11. The summed E-state index contributed by atoms with van der Waals surface area (Å²) in [7, 11) is -3.00. The maximum atomic E-state index is 11.4. The molecule has 1 aliphatic rings. The van der Waals surface area contributed by atoms with E-state index in [4.69, 9.17) is 0 Å². The molecule has 102 valence electrons. The molecule has 0 radical (unpaired) electrons. The molecule has 7 heteroatoms. The molecule has 1 unspecified atom stereocenters. The first-order valence-corrected chi connectivity index (χ1v) is 7.62. The lowest BCUT2D eigenvalue weighted by Crippen LogP contribution is -2.23. The summed E-state index contributed by atoms with van der Waals surface area (Å²) in [6, 6.07) is 6.09.